The van der Waals surface area contributed by atoms with Crippen molar-refractivity contribution in [3.8, 4) is 0 Å². The van der Waals surface area contributed by atoms with Crippen LogP contribution in [0.4, 0.5) is 0 Å². The van der Waals surface area contributed by atoms with Crippen LogP contribution in [0.25, 0.3) is 0 Å². The summed E-state index contributed by atoms with van der Waals surface area (Å²) in [6.45, 7) is 0.398. The van der Waals surface area contributed by atoms with Crippen LogP contribution in [0.15, 0.2) is 0 Å². The number of nitrogens with one attached hydrogen (secondary N) is 1. The number of carbonyl (C=O) groups excluding carboxylic acids is 2. The van der Waals surface area contributed by atoms with E-state index in [0.29, 0.717) is 19.4 Å². The first-order chi connectivity index (χ1) is 6.65. The van der Waals surface area contributed by atoms with Crippen molar-refractivity contribution in [1.82, 2.24) is 5.32 Å². The van der Waals surface area contributed by atoms with Crippen LogP contribution in [0.2, 0.25) is 0 Å². The van der Waals surface area contributed by atoms with Crippen LogP contribution in [0.3, 0.4) is 0 Å². The summed E-state index contributed by atoms with van der Waals surface area (Å²) in [6, 6.07) is -0.460. The average molecular weight is 329 g/mol. The Hall–Kier alpha value is -0.100. The van der Waals surface area contributed by atoms with Gasteiger partial charge in [-0.3, -0.25) is 4.79 Å². The van der Waals surface area contributed by atoms with Gasteiger partial charge < -0.3 is 10.1 Å². The number of cyclic esters (lactones) is 1. The highest BCUT2D eigenvalue weighted by Gasteiger charge is 2.29. The van der Waals surface area contributed by atoms with Gasteiger partial charge in [-0.15, -0.1) is 0 Å². The van der Waals surface area contributed by atoms with Gasteiger partial charge in [0.15, 0.2) is 0 Å². The molecule has 80 valence electrons. The molecular formula is C8H11Br2NO3. The lowest BCUT2D eigenvalue weighted by Gasteiger charge is -2.12. The summed E-state index contributed by atoms with van der Waals surface area (Å²) in [7, 11) is 0. The normalized spacial score (nSPS) is 23.0. The highest BCUT2D eigenvalue weighted by Crippen LogP contribution is 2.10. The molecule has 0 bridgehead atoms. The predicted octanol–water partition coefficient (Wildman–Crippen LogP) is 0.967. The van der Waals surface area contributed by atoms with Gasteiger partial charge in [0.2, 0.25) is 5.91 Å². The number of hydrogen-bond donors (Lipinski definition) is 1. The topological polar surface area (TPSA) is 55.4 Å². The Morgan fingerprint density at radius 3 is 2.93 bits per heavy atom. The predicted molar refractivity (Wildman–Crippen MR) is 58.6 cm³/mol. The molecule has 0 saturated carbocycles. The van der Waals surface area contributed by atoms with E-state index in [0.717, 1.165) is 5.33 Å². The molecule has 1 aliphatic heterocycles. The lowest BCUT2D eigenvalue weighted by Crippen LogP contribution is -2.41. The van der Waals surface area contributed by atoms with Gasteiger partial charge >= 0.3 is 5.97 Å². The van der Waals surface area contributed by atoms with Gasteiger partial charge in [0.1, 0.15) is 6.04 Å². The van der Waals surface area contributed by atoms with Gasteiger partial charge in [0, 0.05) is 11.8 Å². The SMILES string of the molecule is O=C(N[C@@H]1CCOC1=O)[C@H](Br)CCBr. The van der Waals surface area contributed by atoms with Crippen LogP contribution in [0.1, 0.15) is 12.8 Å². The van der Waals surface area contributed by atoms with Crippen molar-refractivity contribution in [3.05, 3.63) is 0 Å². The van der Waals surface area contributed by atoms with E-state index in [-0.39, 0.29) is 16.7 Å². The number of carbonyl (C=O) groups is 2. The van der Waals surface area contributed by atoms with Crippen LogP contribution >= 0.6 is 31.9 Å². The molecule has 0 unspecified atom stereocenters. The standard InChI is InChI=1S/C8H11Br2NO3/c9-3-1-5(10)7(12)11-6-2-4-14-8(6)13/h5-6H,1-4H2,(H,11,12)/t5-,6-/m1/s1. The first kappa shape index (κ1) is 12.0. The number of hydrogen-bond acceptors (Lipinski definition) is 3. The summed E-state index contributed by atoms with van der Waals surface area (Å²) in [5, 5.41) is 3.37. The Balaban J connectivity index is 2.36. The molecule has 1 heterocycles. The minimum absolute atomic E-state index is 0.159. The maximum absolute atomic E-state index is 11.4. The Labute approximate surface area is 99.0 Å². The van der Waals surface area contributed by atoms with Crippen LogP contribution in [0, 0.1) is 0 Å². The van der Waals surface area contributed by atoms with Crippen LogP contribution < -0.4 is 5.32 Å². The van der Waals surface area contributed by atoms with Crippen molar-refractivity contribution in [1.29, 1.82) is 0 Å². The molecule has 2 atom stereocenters. The number of esters is 1. The van der Waals surface area contributed by atoms with E-state index in [1.807, 2.05) is 0 Å². The Morgan fingerprint density at radius 2 is 2.43 bits per heavy atom. The van der Waals surface area contributed by atoms with Crippen LogP contribution in [0.5, 0.6) is 0 Å². The van der Waals surface area contributed by atoms with Crippen molar-refractivity contribution in [3.63, 3.8) is 0 Å². The summed E-state index contributed by atoms with van der Waals surface area (Å²) in [6.07, 6.45) is 1.26. The molecule has 0 aromatic rings. The van der Waals surface area contributed by atoms with Crippen molar-refractivity contribution >= 4 is 43.7 Å². The Kier molecular flexibility index (Phi) is 4.88. The fourth-order valence-electron chi connectivity index (χ4n) is 1.12. The van der Waals surface area contributed by atoms with Gasteiger partial charge in [-0.05, 0) is 6.42 Å². The smallest absolute Gasteiger partial charge is 0.328 e. The van der Waals surface area contributed by atoms with Crippen LogP contribution in [-0.2, 0) is 14.3 Å². The third-order valence-electron chi connectivity index (χ3n) is 1.90. The summed E-state index contributed by atoms with van der Waals surface area (Å²) >= 11 is 6.48. The molecule has 14 heavy (non-hydrogen) atoms. The third kappa shape index (κ3) is 3.24. The molecular weight excluding hydrogens is 318 g/mol. The fourth-order valence-corrected chi connectivity index (χ4v) is 2.55. The van der Waals surface area contributed by atoms with Gasteiger partial charge in [0.05, 0.1) is 11.4 Å². The zero-order chi connectivity index (χ0) is 10.6. The zero-order valence-electron chi connectivity index (χ0n) is 7.46. The quantitative estimate of drug-likeness (QED) is 0.618. The van der Waals surface area contributed by atoms with Crippen molar-refractivity contribution in [2.75, 3.05) is 11.9 Å². The van der Waals surface area contributed by atoms with Gasteiger partial charge in [-0.1, -0.05) is 31.9 Å². The zero-order valence-corrected chi connectivity index (χ0v) is 10.6. The van der Waals surface area contributed by atoms with E-state index in [9.17, 15) is 9.59 Å². The summed E-state index contributed by atoms with van der Waals surface area (Å²) in [4.78, 5) is 22.2. The first-order valence-electron chi connectivity index (χ1n) is 4.32. The number of amides is 1. The summed E-state index contributed by atoms with van der Waals surface area (Å²) < 4.78 is 4.73. The second-order valence-corrected chi connectivity index (χ2v) is 4.86. The molecule has 0 aliphatic carbocycles. The molecule has 4 nitrogen and oxygen atoms in total. The number of rotatable bonds is 4. The van der Waals surface area contributed by atoms with Gasteiger partial charge in [-0.2, -0.15) is 0 Å². The molecule has 0 aromatic carbocycles. The second kappa shape index (κ2) is 5.70. The number of halogens is 2. The minimum atomic E-state index is -0.460. The molecule has 0 radical (unpaired) electrons. The third-order valence-corrected chi connectivity index (χ3v) is 3.23. The molecule has 1 N–H and O–H groups in total. The van der Waals surface area contributed by atoms with Crippen molar-refractivity contribution in [2.24, 2.45) is 0 Å². The summed E-state index contributed by atoms with van der Waals surface area (Å²) in [5.41, 5.74) is 0. The molecule has 1 rings (SSSR count). The van der Waals surface area contributed by atoms with E-state index in [1.165, 1.54) is 0 Å². The molecule has 1 fully saturated rings. The Bertz CT molecular complexity index is 235. The molecule has 1 amide bonds. The second-order valence-electron chi connectivity index (χ2n) is 2.96. The minimum Gasteiger partial charge on any atom is -0.464 e. The van der Waals surface area contributed by atoms with E-state index in [1.54, 1.807) is 0 Å². The highest BCUT2D eigenvalue weighted by molar-refractivity contribution is 9.10. The van der Waals surface area contributed by atoms with E-state index >= 15 is 0 Å². The molecule has 1 aliphatic rings. The average Bonchev–Trinajstić information content (AvgIpc) is 2.52. The van der Waals surface area contributed by atoms with Gasteiger partial charge in [0.25, 0.3) is 0 Å². The number of alkyl halides is 2. The van der Waals surface area contributed by atoms with Gasteiger partial charge in [-0.25, -0.2) is 4.79 Å². The molecule has 0 aromatic heterocycles. The van der Waals surface area contributed by atoms with Crippen molar-refractivity contribution < 1.29 is 14.3 Å². The van der Waals surface area contributed by atoms with Crippen LogP contribution in [-0.4, -0.2) is 34.7 Å². The van der Waals surface area contributed by atoms with E-state index < -0.39 is 6.04 Å². The molecule has 6 heteroatoms. The maximum Gasteiger partial charge on any atom is 0.328 e. The van der Waals surface area contributed by atoms with E-state index in [2.05, 4.69) is 37.2 Å². The number of ether oxygens (including phenoxy) is 1. The highest BCUT2D eigenvalue weighted by atomic mass is 79.9. The Morgan fingerprint density at radius 1 is 1.71 bits per heavy atom. The fraction of sp³-hybridized carbons (Fsp3) is 0.750. The largest absolute Gasteiger partial charge is 0.464 e. The molecule has 1 saturated heterocycles. The monoisotopic (exact) mass is 327 g/mol. The lowest BCUT2D eigenvalue weighted by atomic mass is 10.2. The van der Waals surface area contributed by atoms with E-state index in [4.69, 9.17) is 4.74 Å². The lowest BCUT2D eigenvalue weighted by molar-refractivity contribution is -0.141. The first-order valence-corrected chi connectivity index (χ1v) is 6.36. The summed E-state index contributed by atoms with van der Waals surface area (Å²) in [5.74, 6) is -0.495. The molecule has 0 spiro atoms. The van der Waals surface area contributed by atoms with Crippen molar-refractivity contribution in [2.45, 2.75) is 23.7 Å². The maximum atomic E-state index is 11.4.